The molecule has 0 amide bonds. The molecule has 0 saturated heterocycles. The van der Waals surface area contributed by atoms with E-state index >= 15 is 0 Å². The van der Waals surface area contributed by atoms with Gasteiger partial charge in [-0.15, -0.1) is 0 Å². The quantitative estimate of drug-likeness (QED) is 0.165. The highest BCUT2D eigenvalue weighted by molar-refractivity contribution is 5.99. The van der Waals surface area contributed by atoms with Crippen LogP contribution in [0.4, 0.5) is 0 Å². The number of benzene rings is 8. The van der Waals surface area contributed by atoms with E-state index in [9.17, 15) is 5.11 Å². The van der Waals surface area contributed by atoms with Crippen LogP contribution in [0.15, 0.2) is 200 Å². The second-order valence-corrected chi connectivity index (χ2v) is 18.0. The van der Waals surface area contributed by atoms with E-state index in [0.717, 1.165) is 50.1 Å². The molecule has 10 rings (SSSR count). The van der Waals surface area contributed by atoms with Gasteiger partial charge in [0.05, 0.1) is 28.0 Å². The molecule has 4 heteroatoms. The first kappa shape index (κ1) is 31.2. The normalized spacial score (nSPS) is 15.3. The molecule has 2 aromatic heterocycles. The Morgan fingerprint density at radius 1 is 0.463 bits per heavy atom. The highest BCUT2D eigenvalue weighted by Crippen LogP contribution is 2.43. The number of imidazole rings is 1. The van der Waals surface area contributed by atoms with Gasteiger partial charge in [0.2, 0.25) is 0 Å². The van der Waals surface area contributed by atoms with Gasteiger partial charge in [-0.05, 0) is 140 Å². The number of phenols is 1. The lowest BCUT2D eigenvalue weighted by Crippen LogP contribution is -2.10. The molecule has 0 radical (unpaired) electrons. The van der Waals surface area contributed by atoms with Crippen molar-refractivity contribution in [1.29, 1.82) is 0 Å². The van der Waals surface area contributed by atoms with E-state index < -0.39 is 32.8 Å². The van der Waals surface area contributed by atoms with Crippen molar-refractivity contribution in [1.82, 2.24) is 14.5 Å². The zero-order valence-electron chi connectivity index (χ0n) is 49.3. The van der Waals surface area contributed by atoms with Gasteiger partial charge < -0.3 is 5.11 Å². The largest absolute Gasteiger partial charge is 0.507 e. The molecule has 0 unspecified atom stereocenters. The predicted octanol–water partition coefficient (Wildman–Crippen LogP) is 16.7. The summed E-state index contributed by atoms with van der Waals surface area (Å²) in [5.74, 6) is 0.361. The van der Waals surface area contributed by atoms with E-state index in [-0.39, 0.29) is 22.3 Å². The minimum Gasteiger partial charge on any atom is -0.507 e. The van der Waals surface area contributed by atoms with Crippen LogP contribution < -0.4 is 0 Å². The van der Waals surface area contributed by atoms with Gasteiger partial charge in [-0.1, -0.05) is 175 Å². The summed E-state index contributed by atoms with van der Waals surface area (Å²) in [4.78, 5) is 10.2. The molecule has 0 saturated carbocycles. The molecule has 0 fully saturated rings. The minimum absolute atomic E-state index is 0.0197. The lowest BCUT2D eigenvalue weighted by atomic mass is 9.85. The molecule has 0 aliphatic heterocycles. The summed E-state index contributed by atoms with van der Waals surface area (Å²) in [7, 11) is 0. The van der Waals surface area contributed by atoms with Crippen LogP contribution in [0.2, 0.25) is 0 Å². The Kier molecular flexibility index (Phi) is 8.00. The number of hydrogen-bond donors (Lipinski definition) is 1. The SMILES string of the molecule is [2H]C([2H])([2H])c1cc(-n2c(-c3ccccc3O)nc3c(-c4cc(-c5ccccc5)cc(-c5cc(-c6ccc(C(C([2H])([2H])[2H])(C([2H])([2H])[2H])C([2H])([2H])[2H])cc6)ccn5)c4)cccc32)c(-c2ccc(C(C)(C)C)cc2)cc1-c1ccccc1. The second kappa shape index (κ2) is 17.2. The first-order chi connectivity index (χ1) is 37.3. The average molecular weight is 882 g/mol. The fraction of sp³-hybridized carbons (Fsp3) is 0.143. The van der Waals surface area contributed by atoms with Crippen molar-refractivity contribution in [3.8, 4) is 89.7 Å². The van der Waals surface area contributed by atoms with E-state index in [4.69, 9.17) is 26.4 Å². The van der Waals surface area contributed by atoms with Crippen molar-refractivity contribution in [2.24, 2.45) is 0 Å². The van der Waals surface area contributed by atoms with Gasteiger partial charge in [-0.25, -0.2) is 4.98 Å². The molecule has 67 heavy (non-hydrogen) atoms. The Bertz CT molecular complexity index is 3840. The summed E-state index contributed by atoms with van der Waals surface area (Å²) in [5, 5.41) is 11.7. The monoisotopic (exact) mass is 882 g/mol. The Morgan fingerprint density at radius 3 is 1.75 bits per heavy atom. The van der Waals surface area contributed by atoms with Crippen LogP contribution in [0, 0.1) is 6.85 Å². The molecular weight excluding hydrogens is 815 g/mol. The van der Waals surface area contributed by atoms with E-state index in [1.54, 1.807) is 36.5 Å². The Balaban J connectivity index is 1.20. The number of rotatable bonds is 8. The summed E-state index contributed by atoms with van der Waals surface area (Å²) in [5.41, 5.74) is 8.51. The van der Waals surface area contributed by atoms with Crippen LogP contribution >= 0.6 is 0 Å². The van der Waals surface area contributed by atoms with E-state index in [1.807, 2.05) is 114 Å². The molecule has 0 aliphatic rings. The standard InChI is InChI=1S/C63H55N3O/c1-41-35-58(55(40-54(41)44-19-12-9-13-20-44)45-27-31-51(32-28-45)63(5,6)7)66-57-23-16-22-52(60(57)65-61(66)53-21-14-15-24-59(53)67)48-36-47(42-17-10-8-11-18-42)37-49(38-48)56-39-46(33-34-64-56)43-25-29-50(30-26-43)62(2,3)4/h8-40,67H,1-7H3/i1D3,2D3,3D3,4D3. The molecule has 4 nitrogen and oxygen atoms in total. The molecule has 8 aromatic carbocycles. The Morgan fingerprint density at radius 2 is 1.06 bits per heavy atom. The number of aryl methyl sites for hydroxylation is 1. The van der Waals surface area contributed by atoms with Gasteiger partial charge in [0.25, 0.3) is 0 Å². The van der Waals surface area contributed by atoms with E-state index in [0.29, 0.717) is 50.5 Å². The number of hydrogen-bond acceptors (Lipinski definition) is 3. The zero-order valence-corrected chi connectivity index (χ0v) is 37.3. The highest BCUT2D eigenvalue weighted by atomic mass is 16.3. The van der Waals surface area contributed by atoms with Crippen LogP contribution in [0.5, 0.6) is 5.75 Å². The molecule has 328 valence electrons. The van der Waals surface area contributed by atoms with Gasteiger partial charge in [-0.3, -0.25) is 9.55 Å². The first-order valence-electron chi connectivity index (χ1n) is 28.2. The number of nitrogens with zero attached hydrogens (tertiary/aromatic N) is 3. The zero-order chi connectivity index (χ0) is 56.5. The second-order valence-electron chi connectivity index (χ2n) is 18.0. The van der Waals surface area contributed by atoms with Crippen molar-refractivity contribution >= 4 is 11.0 Å². The van der Waals surface area contributed by atoms with Gasteiger partial charge in [0, 0.05) is 39.3 Å². The van der Waals surface area contributed by atoms with Crippen LogP contribution in [0.25, 0.3) is 95.0 Å². The van der Waals surface area contributed by atoms with Gasteiger partial charge in [0.1, 0.15) is 11.6 Å². The van der Waals surface area contributed by atoms with Gasteiger partial charge in [-0.2, -0.15) is 0 Å². The van der Waals surface area contributed by atoms with Gasteiger partial charge in [0.15, 0.2) is 0 Å². The highest BCUT2D eigenvalue weighted by Gasteiger charge is 2.24. The summed E-state index contributed by atoms with van der Waals surface area (Å²) in [6, 6.07) is 59.5. The molecule has 0 bridgehead atoms. The fourth-order valence-electron chi connectivity index (χ4n) is 8.84. The van der Waals surface area contributed by atoms with E-state index in [1.165, 1.54) is 24.3 Å². The fourth-order valence-corrected chi connectivity index (χ4v) is 8.84. The number of fused-ring (bicyclic) bond motifs is 1. The van der Waals surface area contributed by atoms with Crippen molar-refractivity contribution in [3.63, 3.8) is 0 Å². The molecular formula is C63H55N3O. The number of phenolic OH excluding ortho intramolecular Hbond substituents is 1. The summed E-state index contributed by atoms with van der Waals surface area (Å²) >= 11 is 0. The maximum Gasteiger partial charge on any atom is 0.149 e. The number of para-hydroxylation sites is 2. The van der Waals surface area contributed by atoms with Crippen molar-refractivity contribution in [2.75, 3.05) is 0 Å². The topological polar surface area (TPSA) is 50.9 Å². The maximum absolute atomic E-state index is 11.7. The molecule has 0 atom stereocenters. The van der Waals surface area contributed by atoms with Crippen LogP contribution in [0.1, 0.15) is 74.5 Å². The summed E-state index contributed by atoms with van der Waals surface area (Å²) in [6.07, 6.45) is 1.64. The summed E-state index contributed by atoms with van der Waals surface area (Å²) < 4.78 is 103. The lowest BCUT2D eigenvalue weighted by molar-refractivity contribution is 0.477. The predicted molar refractivity (Wildman–Crippen MR) is 281 cm³/mol. The minimum atomic E-state index is -3.40. The van der Waals surface area contributed by atoms with Gasteiger partial charge >= 0.3 is 0 Å². The van der Waals surface area contributed by atoms with E-state index in [2.05, 4.69) is 51.1 Å². The Labute approximate surface area is 411 Å². The number of aromatic nitrogens is 3. The third kappa shape index (κ3) is 8.48. The van der Waals surface area contributed by atoms with Crippen LogP contribution in [0.3, 0.4) is 0 Å². The lowest BCUT2D eigenvalue weighted by Gasteiger charge is -2.21. The summed E-state index contributed by atoms with van der Waals surface area (Å²) in [6.45, 7) is -6.28. The number of pyridine rings is 1. The third-order valence-electron chi connectivity index (χ3n) is 12.4. The van der Waals surface area contributed by atoms with Crippen molar-refractivity contribution < 1.29 is 21.6 Å². The molecule has 0 spiro atoms. The first-order valence-corrected chi connectivity index (χ1v) is 22.2. The Hall–Kier alpha value is -7.82. The third-order valence-corrected chi connectivity index (χ3v) is 12.4. The molecule has 0 aliphatic carbocycles. The molecule has 1 N–H and O–H groups in total. The van der Waals surface area contributed by atoms with Crippen molar-refractivity contribution in [3.05, 3.63) is 217 Å². The van der Waals surface area contributed by atoms with Crippen LogP contribution in [-0.4, -0.2) is 19.6 Å². The average Bonchev–Trinajstić information content (AvgIpc) is 3.24. The van der Waals surface area contributed by atoms with Crippen molar-refractivity contribution in [2.45, 2.75) is 59.0 Å². The molecule has 2 heterocycles. The number of aromatic hydroxyl groups is 1. The maximum atomic E-state index is 11.7. The van der Waals surface area contributed by atoms with Crippen LogP contribution in [-0.2, 0) is 10.8 Å². The molecule has 10 aromatic rings. The smallest absolute Gasteiger partial charge is 0.149 e.